The molecule has 1 aromatic heterocycles. The van der Waals surface area contributed by atoms with E-state index in [4.69, 9.17) is 0 Å². The van der Waals surface area contributed by atoms with E-state index in [0.717, 1.165) is 16.8 Å². The molecular formula is C9H9NS2. The van der Waals surface area contributed by atoms with Gasteiger partial charge in [0.25, 0.3) is 0 Å². The van der Waals surface area contributed by atoms with Crippen LogP contribution >= 0.6 is 24.0 Å². The summed E-state index contributed by atoms with van der Waals surface area (Å²) in [4.78, 5) is 5.45. The molecule has 0 aliphatic carbocycles. The van der Waals surface area contributed by atoms with Crippen LogP contribution in [0.2, 0.25) is 0 Å². The maximum absolute atomic E-state index is 4.47. The Morgan fingerprint density at radius 1 is 1.50 bits per heavy atom. The van der Waals surface area contributed by atoms with Gasteiger partial charge in [-0.05, 0) is 18.6 Å². The van der Waals surface area contributed by atoms with Crippen molar-refractivity contribution in [1.82, 2.24) is 4.98 Å². The number of para-hydroxylation sites is 1. The Kier molecular flexibility index (Phi) is 2.07. The van der Waals surface area contributed by atoms with Crippen LogP contribution in [0.25, 0.3) is 10.2 Å². The molecule has 0 spiro atoms. The second kappa shape index (κ2) is 3.07. The summed E-state index contributed by atoms with van der Waals surface area (Å²) >= 11 is 6.10. The predicted molar refractivity (Wildman–Crippen MR) is 56.3 cm³/mol. The Morgan fingerprint density at radius 3 is 3.00 bits per heavy atom. The molecule has 0 saturated carbocycles. The third kappa shape index (κ3) is 1.23. The Bertz CT molecular complexity index is 406. The third-order valence-electron chi connectivity index (χ3n) is 1.74. The quantitative estimate of drug-likeness (QED) is 0.690. The number of thiol groups is 1. The van der Waals surface area contributed by atoms with Gasteiger partial charge >= 0.3 is 0 Å². The number of benzene rings is 1. The van der Waals surface area contributed by atoms with Crippen molar-refractivity contribution in [2.45, 2.75) is 18.2 Å². The zero-order chi connectivity index (χ0) is 8.55. The first kappa shape index (κ1) is 8.08. The van der Waals surface area contributed by atoms with Gasteiger partial charge in [-0.2, -0.15) is 0 Å². The second-order valence-electron chi connectivity index (χ2n) is 2.59. The lowest BCUT2D eigenvalue weighted by Crippen LogP contribution is -1.75. The van der Waals surface area contributed by atoms with E-state index in [-0.39, 0.29) is 0 Å². The Balaban J connectivity index is 2.74. The van der Waals surface area contributed by atoms with E-state index in [0.29, 0.717) is 0 Å². The summed E-state index contributed by atoms with van der Waals surface area (Å²) in [5.41, 5.74) is 1.04. The molecule has 0 fully saturated rings. The zero-order valence-electron chi connectivity index (χ0n) is 6.74. The van der Waals surface area contributed by atoms with Crippen LogP contribution in [-0.2, 0) is 6.42 Å². The van der Waals surface area contributed by atoms with Crippen molar-refractivity contribution in [3.63, 3.8) is 0 Å². The van der Waals surface area contributed by atoms with Gasteiger partial charge in [-0.1, -0.05) is 13.0 Å². The summed E-state index contributed by atoms with van der Waals surface area (Å²) < 4.78 is 1.24. The molecule has 0 radical (unpaired) electrons. The van der Waals surface area contributed by atoms with E-state index in [2.05, 4.69) is 30.6 Å². The van der Waals surface area contributed by atoms with Crippen LogP contribution in [0, 0.1) is 0 Å². The minimum absolute atomic E-state index is 0.975. The standard InChI is InChI=1S/C9H9NS2/c1-2-8-10-9-6(11)4-3-5-7(9)12-8/h3-5,11H,2H2,1H3. The van der Waals surface area contributed by atoms with Gasteiger partial charge in [0.15, 0.2) is 0 Å². The topological polar surface area (TPSA) is 12.9 Å². The molecule has 0 unspecified atom stereocenters. The summed E-state index contributed by atoms with van der Waals surface area (Å²) in [5, 5.41) is 1.19. The fraction of sp³-hybridized carbons (Fsp3) is 0.222. The molecule has 0 saturated heterocycles. The number of rotatable bonds is 1. The normalized spacial score (nSPS) is 10.8. The molecule has 62 valence electrons. The van der Waals surface area contributed by atoms with Gasteiger partial charge in [-0.3, -0.25) is 0 Å². The zero-order valence-corrected chi connectivity index (χ0v) is 8.45. The molecular weight excluding hydrogens is 186 g/mol. The minimum atomic E-state index is 0.975. The largest absolute Gasteiger partial charge is 0.240 e. The van der Waals surface area contributed by atoms with Crippen LogP contribution in [0.1, 0.15) is 11.9 Å². The third-order valence-corrected chi connectivity index (χ3v) is 3.27. The average molecular weight is 195 g/mol. The summed E-state index contributed by atoms with van der Waals surface area (Å²) in [6, 6.07) is 6.08. The lowest BCUT2D eigenvalue weighted by Gasteiger charge is -1.89. The summed E-state index contributed by atoms with van der Waals surface area (Å²) in [6.45, 7) is 2.12. The van der Waals surface area contributed by atoms with E-state index in [1.807, 2.05) is 12.1 Å². The van der Waals surface area contributed by atoms with Crippen molar-refractivity contribution >= 4 is 34.2 Å². The predicted octanol–water partition coefficient (Wildman–Crippen LogP) is 3.15. The Hall–Kier alpha value is -0.540. The number of aryl methyl sites for hydroxylation is 1. The van der Waals surface area contributed by atoms with Crippen LogP contribution in [0.3, 0.4) is 0 Å². The fourth-order valence-corrected chi connectivity index (χ4v) is 2.40. The number of hydrogen-bond acceptors (Lipinski definition) is 3. The number of nitrogens with zero attached hydrogens (tertiary/aromatic N) is 1. The highest BCUT2D eigenvalue weighted by Crippen LogP contribution is 2.26. The first-order chi connectivity index (χ1) is 5.81. The Morgan fingerprint density at radius 2 is 2.33 bits per heavy atom. The van der Waals surface area contributed by atoms with Crippen molar-refractivity contribution in [3.05, 3.63) is 23.2 Å². The van der Waals surface area contributed by atoms with E-state index < -0.39 is 0 Å². The number of aromatic nitrogens is 1. The van der Waals surface area contributed by atoms with Crippen molar-refractivity contribution in [2.75, 3.05) is 0 Å². The lowest BCUT2D eigenvalue weighted by atomic mass is 10.3. The van der Waals surface area contributed by atoms with Gasteiger partial charge in [0, 0.05) is 4.90 Å². The van der Waals surface area contributed by atoms with Gasteiger partial charge in [0.1, 0.15) is 0 Å². The van der Waals surface area contributed by atoms with Gasteiger partial charge in [-0.25, -0.2) is 4.98 Å². The maximum atomic E-state index is 4.47. The van der Waals surface area contributed by atoms with E-state index >= 15 is 0 Å². The van der Waals surface area contributed by atoms with Gasteiger partial charge in [-0.15, -0.1) is 24.0 Å². The molecule has 3 heteroatoms. The summed E-state index contributed by atoms with van der Waals surface area (Å²) in [7, 11) is 0. The molecule has 0 aliphatic heterocycles. The maximum Gasteiger partial charge on any atom is 0.0948 e. The lowest BCUT2D eigenvalue weighted by molar-refractivity contribution is 1.10. The van der Waals surface area contributed by atoms with Crippen molar-refractivity contribution in [1.29, 1.82) is 0 Å². The smallest absolute Gasteiger partial charge is 0.0948 e. The molecule has 0 atom stereocenters. The second-order valence-corrected chi connectivity index (χ2v) is 4.18. The molecule has 0 amide bonds. The first-order valence-corrected chi connectivity index (χ1v) is 5.15. The summed E-state index contributed by atoms with van der Waals surface area (Å²) in [5.74, 6) is 0. The first-order valence-electron chi connectivity index (χ1n) is 3.88. The molecule has 12 heavy (non-hydrogen) atoms. The van der Waals surface area contributed by atoms with E-state index in [9.17, 15) is 0 Å². The van der Waals surface area contributed by atoms with Gasteiger partial charge < -0.3 is 0 Å². The number of thiazole rings is 1. The SMILES string of the molecule is CCc1nc2c(S)cccc2s1. The highest BCUT2D eigenvalue weighted by molar-refractivity contribution is 7.80. The van der Waals surface area contributed by atoms with Gasteiger partial charge in [0.2, 0.25) is 0 Å². The number of hydrogen-bond donors (Lipinski definition) is 1. The summed E-state index contributed by atoms with van der Waals surface area (Å²) in [6.07, 6.45) is 1.01. The van der Waals surface area contributed by atoms with Crippen LogP contribution in [0.15, 0.2) is 23.1 Å². The average Bonchev–Trinajstić information content (AvgIpc) is 2.49. The molecule has 1 aromatic carbocycles. The van der Waals surface area contributed by atoms with E-state index in [1.165, 1.54) is 9.71 Å². The monoisotopic (exact) mass is 195 g/mol. The highest BCUT2D eigenvalue weighted by Gasteiger charge is 2.03. The van der Waals surface area contributed by atoms with Crippen LogP contribution in [0.4, 0.5) is 0 Å². The minimum Gasteiger partial charge on any atom is -0.240 e. The van der Waals surface area contributed by atoms with Crippen LogP contribution < -0.4 is 0 Å². The van der Waals surface area contributed by atoms with Crippen molar-refractivity contribution in [3.8, 4) is 0 Å². The van der Waals surface area contributed by atoms with E-state index in [1.54, 1.807) is 11.3 Å². The number of fused-ring (bicyclic) bond motifs is 1. The van der Waals surface area contributed by atoms with Crippen molar-refractivity contribution < 1.29 is 0 Å². The molecule has 0 bridgehead atoms. The molecule has 1 nitrogen and oxygen atoms in total. The van der Waals surface area contributed by atoms with Gasteiger partial charge in [0.05, 0.1) is 15.2 Å². The molecule has 0 aliphatic rings. The molecule has 1 heterocycles. The highest BCUT2D eigenvalue weighted by atomic mass is 32.1. The molecule has 2 rings (SSSR count). The fourth-order valence-electron chi connectivity index (χ4n) is 1.13. The molecule has 0 N–H and O–H groups in total. The van der Waals surface area contributed by atoms with Crippen LogP contribution in [-0.4, -0.2) is 4.98 Å². The van der Waals surface area contributed by atoms with Crippen LogP contribution in [0.5, 0.6) is 0 Å². The van der Waals surface area contributed by atoms with Crippen molar-refractivity contribution in [2.24, 2.45) is 0 Å². The Labute approximate surface area is 80.9 Å². The molecule has 2 aromatic rings.